The molecule has 0 saturated heterocycles. The van der Waals surface area contributed by atoms with Gasteiger partial charge in [-0.05, 0) is 25.5 Å². The van der Waals surface area contributed by atoms with Crippen molar-refractivity contribution in [3.05, 3.63) is 39.8 Å². The first kappa shape index (κ1) is 11.0. The molecule has 2 N–H and O–H groups in total. The van der Waals surface area contributed by atoms with E-state index < -0.39 is 0 Å². The van der Waals surface area contributed by atoms with Crippen LogP contribution in [0.5, 0.6) is 5.75 Å². The van der Waals surface area contributed by atoms with Crippen molar-refractivity contribution < 1.29 is 4.74 Å². The third-order valence-electron chi connectivity index (χ3n) is 2.49. The maximum absolute atomic E-state index is 5.85. The number of aryl methyl sites for hydroxylation is 1. The summed E-state index contributed by atoms with van der Waals surface area (Å²) >= 11 is 1.59. The largest absolute Gasteiger partial charge is 0.487 e. The molecular formula is C12H14N2OS. The molecule has 0 saturated carbocycles. The molecule has 0 unspecified atom stereocenters. The zero-order valence-electron chi connectivity index (χ0n) is 9.36. The minimum absolute atomic E-state index is 0.551. The van der Waals surface area contributed by atoms with Gasteiger partial charge in [-0.2, -0.15) is 0 Å². The molecule has 0 spiro atoms. The Labute approximate surface area is 98.9 Å². The van der Waals surface area contributed by atoms with Gasteiger partial charge in [-0.15, -0.1) is 11.3 Å². The highest BCUT2D eigenvalue weighted by atomic mass is 32.1. The molecule has 0 aliphatic rings. The number of rotatable bonds is 3. The second-order valence-electron chi connectivity index (χ2n) is 3.68. The topological polar surface area (TPSA) is 48.1 Å². The van der Waals surface area contributed by atoms with Gasteiger partial charge < -0.3 is 10.5 Å². The number of ether oxygens (including phenoxy) is 1. The molecule has 0 fully saturated rings. The second kappa shape index (κ2) is 4.53. The van der Waals surface area contributed by atoms with E-state index in [-0.39, 0.29) is 0 Å². The van der Waals surface area contributed by atoms with Gasteiger partial charge in [0.15, 0.2) is 0 Å². The van der Waals surface area contributed by atoms with Crippen LogP contribution in [0.3, 0.4) is 0 Å². The van der Waals surface area contributed by atoms with Crippen molar-refractivity contribution in [2.75, 3.05) is 5.73 Å². The Morgan fingerprint density at radius 1 is 1.38 bits per heavy atom. The van der Waals surface area contributed by atoms with E-state index in [1.807, 2.05) is 32.2 Å². The molecule has 0 aliphatic heterocycles. The van der Waals surface area contributed by atoms with Crippen LogP contribution in [-0.2, 0) is 6.61 Å². The van der Waals surface area contributed by atoms with Crippen LogP contribution in [0, 0.1) is 13.8 Å². The minimum Gasteiger partial charge on any atom is -0.487 e. The quantitative estimate of drug-likeness (QED) is 0.831. The number of nitrogens with two attached hydrogens (primary N) is 1. The number of hydrogen-bond acceptors (Lipinski definition) is 4. The molecule has 1 aromatic heterocycles. The minimum atomic E-state index is 0.551. The van der Waals surface area contributed by atoms with E-state index >= 15 is 0 Å². The molecule has 0 bridgehead atoms. The van der Waals surface area contributed by atoms with Crippen molar-refractivity contribution in [2.45, 2.75) is 20.5 Å². The summed E-state index contributed by atoms with van der Waals surface area (Å²) in [7, 11) is 0. The van der Waals surface area contributed by atoms with E-state index in [0.29, 0.717) is 6.61 Å². The van der Waals surface area contributed by atoms with Crippen molar-refractivity contribution in [2.24, 2.45) is 0 Å². The van der Waals surface area contributed by atoms with E-state index in [1.165, 1.54) is 0 Å². The van der Waals surface area contributed by atoms with Crippen molar-refractivity contribution >= 4 is 17.0 Å². The van der Waals surface area contributed by atoms with Gasteiger partial charge in [0.1, 0.15) is 12.4 Å². The van der Waals surface area contributed by atoms with Gasteiger partial charge in [-0.1, -0.05) is 6.07 Å². The smallest absolute Gasteiger partial charge is 0.127 e. The molecule has 16 heavy (non-hydrogen) atoms. The summed E-state index contributed by atoms with van der Waals surface area (Å²) in [5.74, 6) is 0.883. The van der Waals surface area contributed by atoms with Crippen LogP contribution in [0.25, 0.3) is 0 Å². The average molecular weight is 234 g/mol. The molecule has 2 rings (SSSR count). The molecule has 2 aromatic rings. The normalized spacial score (nSPS) is 10.4. The fourth-order valence-electron chi connectivity index (χ4n) is 1.52. The number of hydrogen-bond donors (Lipinski definition) is 1. The Kier molecular flexibility index (Phi) is 3.10. The van der Waals surface area contributed by atoms with E-state index in [4.69, 9.17) is 10.5 Å². The Balaban J connectivity index is 2.18. The summed E-state index contributed by atoms with van der Waals surface area (Å²) in [4.78, 5) is 5.12. The summed E-state index contributed by atoms with van der Waals surface area (Å²) in [5, 5.41) is 0. The molecule has 4 heteroatoms. The van der Waals surface area contributed by atoms with Crippen LogP contribution in [0.4, 0.5) is 5.69 Å². The fourth-order valence-corrected chi connectivity index (χ4v) is 2.03. The average Bonchev–Trinajstić information content (AvgIpc) is 2.77. The first-order valence-electron chi connectivity index (χ1n) is 5.04. The lowest BCUT2D eigenvalue weighted by atomic mass is 10.1. The molecule has 0 atom stereocenters. The molecule has 84 valence electrons. The molecular weight excluding hydrogens is 220 g/mol. The van der Waals surface area contributed by atoms with E-state index in [2.05, 4.69) is 4.98 Å². The first-order chi connectivity index (χ1) is 7.68. The number of benzene rings is 1. The van der Waals surface area contributed by atoms with Gasteiger partial charge in [0.25, 0.3) is 0 Å². The molecule has 1 aromatic carbocycles. The fraction of sp³-hybridized carbons (Fsp3) is 0.250. The number of anilines is 1. The Hall–Kier alpha value is -1.55. The van der Waals surface area contributed by atoms with Crippen molar-refractivity contribution in [3.8, 4) is 5.75 Å². The third-order valence-corrected chi connectivity index (χ3v) is 3.24. The van der Waals surface area contributed by atoms with Gasteiger partial charge in [-0.25, -0.2) is 0 Å². The third kappa shape index (κ3) is 2.17. The van der Waals surface area contributed by atoms with Crippen molar-refractivity contribution in [1.82, 2.24) is 4.98 Å². The lowest BCUT2D eigenvalue weighted by Crippen LogP contribution is -2.00. The zero-order valence-corrected chi connectivity index (χ0v) is 10.2. The lowest BCUT2D eigenvalue weighted by Gasteiger charge is -2.12. The summed E-state index contributed by atoms with van der Waals surface area (Å²) < 4.78 is 5.78. The summed E-state index contributed by atoms with van der Waals surface area (Å²) in [6.45, 7) is 4.55. The highest BCUT2D eigenvalue weighted by Gasteiger charge is 2.07. The lowest BCUT2D eigenvalue weighted by molar-refractivity contribution is 0.305. The van der Waals surface area contributed by atoms with Crippen LogP contribution in [0.2, 0.25) is 0 Å². The van der Waals surface area contributed by atoms with Crippen LogP contribution in [0.1, 0.15) is 16.0 Å². The molecule has 0 radical (unpaired) electrons. The molecule has 3 nitrogen and oxygen atoms in total. The van der Waals surface area contributed by atoms with Crippen LogP contribution >= 0.6 is 11.3 Å². The maximum atomic E-state index is 5.85. The van der Waals surface area contributed by atoms with E-state index in [1.54, 1.807) is 16.8 Å². The number of thiazole rings is 1. The second-order valence-corrected chi connectivity index (χ2v) is 4.65. The number of aromatic nitrogens is 1. The predicted molar refractivity (Wildman–Crippen MR) is 66.8 cm³/mol. The predicted octanol–water partition coefficient (Wildman–Crippen LogP) is 2.92. The molecule has 1 heterocycles. The van der Waals surface area contributed by atoms with Crippen molar-refractivity contribution in [3.63, 3.8) is 0 Å². The summed E-state index contributed by atoms with van der Waals surface area (Å²) in [5.41, 5.74) is 10.5. The van der Waals surface area contributed by atoms with Crippen LogP contribution < -0.4 is 10.5 Å². The Bertz CT molecular complexity index is 480. The summed E-state index contributed by atoms with van der Waals surface area (Å²) in [6.07, 6.45) is 1.82. The van der Waals surface area contributed by atoms with Gasteiger partial charge in [0, 0.05) is 17.4 Å². The van der Waals surface area contributed by atoms with Gasteiger partial charge >= 0.3 is 0 Å². The van der Waals surface area contributed by atoms with Crippen molar-refractivity contribution in [1.29, 1.82) is 0 Å². The first-order valence-corrected chi connectivity index (χ1v) is 5.92. The monoisotopic (exact) mass is 234 g/mol. The van der Waals surface area contributed by atoms with E-state index in [9.17, 15) is 0 Å². The van der Waals surface area contributed by atoms with E-state index in [0.717, 1.165) is 27.4 Å². The summed E-state index contributed by atoms with van der Waals surface area (Å²) in [6, 6.07) is 3.88. The number of nitrogens with zero attached hydrogens (tertiary/aromatic N) is 1. The van der Waals surface area contributed by atoms with Gasteiger partial charge in [-0.3, -0.25) is 4.98 Å². The SMILES string of the molecule is Cc1ccc(N)c(C)c1OCc1cncs1. The Morgan fingerprint density at radius 2 is 2.19 bits per heavy atom. The van der Waals surface area contributed by atoms with Crippen LogP contribution in [-0.4, -0.2) is 4.98 Å². The Morgan fingerprint density at radius 3 is 2.88 bits per heavy atom. The highest BCUT2D eigenvalue weighted by Crippen LogP contribution is 2.28. The van der Waals surface area contributed by atoms with Gasteiger partial charge in [0.2, 0.25) is 0 Å². The zero-order chi connectivity index (χ0) is 11.5. The van der Waals surface area contributed by atoms with Crippen LogP contribution in [0.15, 0.2) is 23.8 Å². The molecule has 0 aliphatic carbocycles. The van der Waals surface area contributed by atoms with Gasteiger partial charge in [0.05, 0.1) is 10.4 Å². The standard InChI is InChI=1S/C12H14N2OS/c1-8-3-4-11(13)9(2)12(8)15-6-10-5-14-7-16-10/h3-5,7H,6,13H2,1-2H3. The molecule has 0 amide bonds. The number of nitrogen functional groups attached to an aromatic ring is 1. The highest BCUT2D eigenvalue weighted by molar-refractivity contribution is 7.09. The maximum Gasteiger partial charge on any atom is 0.127 e.